The Hall–Kier alpha value is 0.110. The van der Waals surface area contributed by atoms with Crippen molar-refractivity contribution < 1.29 is 14.0 Å². The molecule has 72 valence electrons. The zero-order valence-corrected chi connectivity index (χ0v) is 8.22. The molecule has 2 N–H and O–H groups in total. The Morgan fingerprint density at radius 2 is 2.17 bits per heavy atom. The third-order valence-corrected chi connectivity index (χ3v) is 3.43. The van der Waals surface area contributed by atoms with E-state index < -0.39 is 7.60 Å². The highest BCUT2D eigenvalue weighted by atomic mass is 31.2. The smallest absolute Gasteiger partial charge is 0.324 e. The summed E-state index contributed by atoms with van der Waals surface area (Å²) in [7, 11) is -3.27. The van der Waals surface area contributed by atoms with Gasteiger partial charge >= 0.3 is 7.60 Å². The van der Waals surface area contributed by atoms with Gasteiger partial charge in [-0.1, -0.05) is 6.92 Å². The minimum atomic E-state index is -3.27. The summed E-state index contributed by atoms with van der Waals surface area (Å²) in [4.78, 5) is 9.19. The Morgan fingerprint density at radius 3 is 2.67 bits per heavy atom. The molecule has 0 aliphatic carbocycles. The van der Waals surface area contributed by atoms with Crippen molar-refractivity contribution in [2.75, 3.05) is 19.3 Å². The lowest BCUT2D eigenvalue weighted by Crippen LogP contribution is -2.32. The van der Waals surface area contributed by atoms with Crippen LogP contribution >= 0.6 is 7.60 Å². The molecule has 0 amide bonds. The summed E-state index contributed by atoms with van der Waals surface area (Å²) in [5.74, 6) is 0. The molecule has 0 spiro atoms. The van der Waals surface area contributed by atoms with E-state index in [2.05, 4.69) is 5.32 Å². The van der Waals surface area contributed by atoms with Crippen LogP contribution < -0.4 is 5.32 Å². The molecule has 1 aliphatic heterocycles. The molecule has 1 atom stereocenters. The second-order valence-corrected chi connectivity index (χ2v) is 5.13. The zero-order valence-electron chi connectivity index (χ0n) is 7.32. The normalized spacial score (nSPS) is 25.2. The van der Waals surface area contributed by atoms with Gasteiger partial charge in [0.15, 0.2) is 0 Å². The van der Waals surface area contributed by atoms with Gasteiger partial charge in [-0.15, -0.1) is 0 Å². The van der Waals surface area contributed by atoms with Gasteiger partial charge in [-0.05, 0) is 25.9 Å². The van der Waals surface area contributed by atoms with Gasteiger partial charge in [-0.2, -0.15) is 0 Å². The molecule has 12 heavy (non-hydrogen) atoms. The molecule has 0 bridgehead atoms. The summed E-state index contributed by atoms with van der Waals surface area (Å²) in [6.45, 7) is 3.44. The monoisotopic (exact) mass is 193 g/mol. The molecular weight excluding hydrogens is 177 g/mol. The van der Waals surface area contributed by atoms with E-state index in [0.29, 0.717) is 0 Å². The molecule has 1 heterocycles. The Bertz CT molecular complexity index is 179. The van der Waals surface area contributed by atoms with Crippen LogP contribution in [0.15, 0.2) is 0 Å². The van der Waals surface area contributed by atoms with Crippen LogP contribution in [-0.2, 0) is 9.09 Å². The van der Waals surface area contributed by atoms with Gasteiger partial charge in [-0.3, -0.25) is 4.57 Å². The molecule has 1 aliphatic rings. The zero-order chi connectivity index (χ0) is 9.03. The minimum Gasteiger partial charge on any atom is -0.324 e. The first-order valence-electron chi connectivity index (χ1n) is 4.35. The van der Waals surface area contributed by atoms with E-state index in [4.69, 9.17) is 4.52 Å². The Labute approximate surface area is 72.8 Å². The maximum Gasteiger partial charge on any atom is 0.328 e. The number of hydrogen-bond acceptors (Lipinski definition) is 3. The van der Waals surface area contributed by atoms with Crippen molar-refractivity contribution >= 4 is 7.60 Å². The number of rotatable bonds is 3. The van der Waals surface area contributed by atoms with Gasteiger partial charge in [0, 0.05) is 6.16 Å². The second kappa shape index (κ2) is 4.38. The standard InChI is InChI=1S/C7H16NO3P/c1-2-12(9,10)11-7-3-5-8-6-4-7/h7-8H,2-6H2,1H3,(H,9,10). The van der Waals surface area contributed by atoms with Crippen LogP contribution in [0.4, 0.5) is 0 Å². The summed E-state index contributed by atoms with van der Waals surface area (Å²) in [5.41, 5.74) is 0. The fourth-order valence-electron chi connectivity index (χ4n) is 1.21. The van der Waals surface area contributed by atoms with Crippen LogP contribution in [0, 0.1) is 0 Å². The fraction of sp³-hybridized carbons (Fsp3) is 1.00. The molecule has 0 aromatic rings. The first-order chi connectivity index (χ1) is 5.64. The maximum absolute atomic E-state index is 11.2. The van der Waals surface area contributed by atoms with E-state index in [-0.39, 0.29) is 12.3 Å². The van der Waals surface area contributed by atoms with E-state index in [1.165, 1.54) is 0 Å². The van der Waals surface area contributed by atoms with Gasteiger partial charge < -0.3 is 14.7 Å². The third-order valence-electron chi connectivity index (χ3n) is 2.00. The van der Waals surface area contributed by atoms with Gasteiger partial charge in [0.25, 0.3) is 0 Å². The molecule has 0 radical (unpaired) electrons. The first kappa shape index (κ1) is 10.2. The molecule has 0 aromatic carbocycles. The van der Waals surface area contributed by atoms with Crippen molar-refractivity contribution in [3.63, 3.8) is 0 Å². The third kappa shape index (κ3) is 3.23. The van der Waals surface area contributed by atoms with Crippen molar-refractivity contribution in [3.8, 4) is 0 Å². The Kier molecular flexibility index (Phi) is 3.72. The Balaban J connectivity index is 2.34. The lowest BCUT2D eigenvalue weighted by molar-refractivity contribution is 0.142. The summed E-state index contributed by atoms with van der Waals surface area (Å²) < 4.78 is 16.3. The lowest BCUT2D eigenvalue weighted by atomic mass is 10.1. The van der Waals surface area contributed by atoms with E-state index in [9.17, 15) is 9.46 Å². The summed E-state index contributed by atoms with van der Waals surface area (Å²) in [6, 6.07) is 0. The molecule has 1 unspecified atom stereocenters. The molecule has 5 heteroatoms. The van der Waals surface area contributed by atoms with E-state index in [1.807, 2.05) is 0 Å². The van der Waals surface area contributed by atoms with Crippen LogP contribution in [0.1, 0.15) is 19.8 Å². The second-order valence-electron chi connectivity index (χ2n) is 3.01. The average molecular weight is 193 g/mol. The largest absolute Gasteiger partial charge is 0.328 e. The predicted octanol–water partition coefficient (Wildman–Crippen LogP) is 0.960. The fourth-order valence-corrected chi connectivity index (χ4v) is 2.03. The van der Waals surface area contributed by atoms with Gasteiger partial charge in [0.05, 0.1) is 6.10 Å². The van der Waals surface area contributed by atoms with Crippen molar-refractivity contribution in [1.82, 2.24) is 5.32 Å². The lowest BCUT2D eigenvalue weighted by Gasteiger charge is -2.24. The molecular formula is C7H16NO3P. The SMILES string of the molecule is CCP(=O)(O)OC1CCNCC1. The molecule has 1 saturated heterocycles. The van der Waals surface area contributed by atoms with E-state index in [1.54, 1.807) is 6.92 Å². The quantitative estimate of drug-likeness (QED) is 0.655. The molecule has 0 aromatic heterocycles. The first-order valence-corrected chi connectivity index (χ1v) is 6.11. The summed E-state index contributed by atoms with van der Waals surface area (Å²) >= 11 is 0. The maximum atomic E-state index is 11.2. The summed E-state index contributed by atoms with van der Waals surface area (Å²) in [5, 5.41) is 3.17. The van der Waals surface area contributed by atoms with Gasteiger partial charge in [-0.25, -0.2) is 0 Å². The van der Waals surface area contributed by atoms with E-state index in [0.717, 1.165) is 25.9 Å². The molecule has 1 rings (SSSR count). The number of piperidine rings is 1. The highest BCUT2D eigenvalue weighted by Gasteiger charge is 2.23. The van der Waals surface area contributed by atoms with Crippen molar-refractivity contribution in [2.24, 2.45) is 0 Å². The van der Waals surface area contributed by atoms with Crippen LogP contribution in [0.2, 0.25) is 0 Å². The highest BCUT2D eigenvalue weighted by Crippen LogP contribution is 2.43. The minimum absolute atomic E-state index is 0.0259. The van der Waals surface area contributed by atoms with Gasteiger partial charge in [0.1, 0.15) is 0 Å². The summed E-state index contributed by atoms with van der Waals surface area (Å²) in [6.07, 6.45) is 1.86. The molecule has 0 saturated carbocycles. The van der Waals surface area contributed by atoms with Crippen molar-refractivity contribution in [1.29, 1.82) is 0 Å². The number of hydrogen-bond donors (Lipinski definition) is 2. The van der Waals surface area contributed by atoms with E-state index >= 15 is 0 Å². The molecule has 1 fully saturated rings. The highest BCUT2D eigenvalue weighted by molar-refractivity contribution is 7.52. The van der Waals surface area contributed by atoms with Crippen molar-refractivity contribution in [3.05, 3.63) is 0 Å². The van der Waals surface area contributed by atoms with Crippen LogP contribution in [-0.4, -0.2) is 30.2 Å². The topological polar surface area (TPSA) is 58.6 Å². The number of nitrogens with one attached hydrogen (secondary N) is 1. The van der Waals surface area contributed by atoms with Crippen molar-refractivity contribution in [2.45, 2.75) is 25.9 Å². The average Bonchev–Trinajstić information content (AvgIpc) is 2.06. The molecule has 4 nitrogen and oxygen atoms in total. The predicted molar refractivity (Wildman–Crippen MR) is 47.3 cm³/mol. The van der Waals surface area contributed by atoms with Crippen LogP contribution in [0.3, 0.4) is 0 Å². The van der Waals surface area contributed by atoms with Gasteiger partial charge in [0.2, 0.25) is 0 Å². The Morgan fingerprint density at radius 1 is 1.58 bits per heavy atom. The van der Waals surface area contributed by atoms with Crippen LogP contribution in [0.5, 0.6) is 0 Å². The van der Waals surface area contributed by atoms with Crippen LogP contribution in [0.25, 0.3) is 0 Å².